The van der Waals surface area contributed by atoms with Crippen LogP contribution in [0.4, 0.5) is 11.4 Å². The van der Waals surface area contributed by atoms with Gasteiger partial charge in [0.05, 0.1) is 11.6 Å². The van der Waals surface area contributed by atoms with E-state index in [-0.39, 0.29) is 33.8 Å². The van der Waals surface area contributed by atoms with Crippen LogP contribution in [0.3, 0.4) is 0 Å². The average molecular weight is 719 g/mol. The van der Waals surface area contributed by atoms with Crippen LogP contribution in [0.1, 0.15) is 89.9 Å². The van der Waals surface area contributed by atoms with Crippen molar-refractivity contribution < 1.29 is 14.0 Å². The van der Waals surface area contributed by atoms with Crippen LogP contribution in [0.25, 0.3) is 21.5 Å². The molecule has 4 N–H and O–H groups in total. The van der Waals surface area contributed by atoms with E-state index in [0.717, 1.165) is 52.0 Å². The van der Waals surface area contributed by atoms with Crippen molar-refractivity contribution >= 4 is 44.7 Å². The Morgan fingerprint density at radius 2 is 1.06 bits per heavy atom. The minimum Gasteiger partial charge on any atom is -0.431 e. The quantitative estimate of drug-likeness (QED) is 0.185. The second-order valence-corrected chi connectivity index (χ2v) is 17.8. The molecule has 0 aliphatic heterocycles. The molecular formula is C44H54N4O5. The molecule has 53 heavy (non-hydrogen) atoms. The Balaban J connectivity index is 0.000000144. The molecule has 280 valence electrons. The van der Waals surface area contributed by atoms with E-state index in [0.29, 0.717) is 29.3 Å². The van der Waals surface area contributed by atoms with Crippen LogP contribution in [0.5, 0.6) is 0 Å². The lowest BCUT2D eigenvalue weighted by molar-refractivity contribution is -0.125. The third-order valence-electron chi connectivity index (χ3n) is 13.8. The van der Waals surface area contributed by atoms with E-state index < -0.39 is 0 Å². The van der Waals surface area contributed by atoms with Gasteiger partial charge in [0.15, 0.2) is 0 Å². The number of hydrogen-bond donors (Lipinski definition) is 3. The normalized spacial score (nSPS) is 31.4. The molecule has 8 aliphatic carbocycles. The molecule has 8 fully saturated rings. The van der Waals surface area contributed by atoms with Gasteiger partial charge in [-0.2, -0.15) is 0 Å². The number of aromatic nitrogens is 1. The van der Waals surface area contributed by atoms with Gasteiger partial charge in [0.1, 0.15) is 0 Å². The lowest BCUT2D eigenvalue weighted by Crippen LogP contribution is -2.47. The van der Waals surface area contributed by atoms with Crippen molar-refractivity contribution in [1.82, 2.24) is 4.57 Å². The number of fused-ring (bicyclic) bond motifs is 2. The lowest BCUT2D eigenvalue weighted by atomic mass is 9.49. The number of rotatable bonds is 6. The van der Waals surface area contributed by atoms with Gasteiger partial charge in [0.25, 0.3) is 5.56 Å². The van der Waals surface area contributed by atoms with Crippen molar-refractivity contribution in [3.63, 3.8) is 0 Å². The minimum atomic E-state index is -0.366. The van der Waals surface area contributed by atoms with E-state index in [9.17, 15) is 19.2 Å². The first-order valence-corrected chi connectivity index (χ1v) is 19.9. The fraction of sp³-hybridized carbons (Fsp3) is 0.545. The fourth-order valence-corrected chi connectivity index (χ4v) is 12.8. The number of nitrogens with zero attached hydrogens (tertiary/aromatic N) is 1. The van der Waals surface area contributed by atoms with Crippen molar-refractivity contribution in [2.24, 2.45) is 59.1 Å². The Labute approximate surface area is 311 Å². The van der Waals surface area contributed by atoms with Gasteiger partial charge >= 0.3 is 5.63 Å². The number of nitrogens with two attached hydrogens (primary N) is 1. The topological polar surface area (TPSA) is 136 Å². The monoisotopic (exact) mass is 718 g/mol. The average Bonchev–Trinajstić information content (AvgIpc) is 3.10. The van der Waals surface area contributed by atoms with Crippen LogP contribution < -0.4 is 27.6 Å². The summed E-state index contributed by atoms with van der Waals surface area (Å²) in [5.74, 6) is 5.31. The number of nitrogens with one attached hydrogen (secondary N) is 2. The summed E-state index contributed by atoms with van der Waals surface area (Å²) in [6.07, 6.45) is 20.2. The zero-order valence-corrected chi connectivity index (χ0v) is 31.2. The number of benzene rings is 2. The Bertz CT molecular complexity index is 2080. The van der Waals surface area contributed by atoms with Crippen molar-refractivity contribution in [2.45, 2.75) is 89.9 Å². The van der Waals surface area contributed by atoms with E-state index in [4.69, 9.17) is 4.42 Å². The van der Waals surface area contributed by atoms with Crippen LogP contribution in [0.15, 0.2) is 75.0 Å². The number of hydrogen-bond acceptors (Lipinski definition) is 6. The predicted molar refractivity (Wildman–Crippen MR) is 209 cm³/mol. The number of anilines is 2. The highest BCUT2D eigenvalue weighted by molar-refractivity contribution is 6.02. The molecule has 0 unspecified atom stereocenters. The molecule has 9 nitrogen and oxygen atoms in total. The lowest BCUT2D eigenvalue weighted by Gasteiger charge is -2.56. The van der Waals surface area contributed by atoms with Gasteiger partial charge in [-0.25, -0.2) is 4.79 Å². The molecule has 12 rings (SSSR count). The maximum Gasteiger partial charge on any atom is 0.343 e. The molecular weight excluding hydrogens is 665 g/mol. The number of aryl methyl sites for hydroxylation is 1. The summed E-state index contributed by atoms with van der Waals surface area (Å²) in [6.45, 7) is 0. The van der Waals surface area contributed by atoms with Crippen molar-refractivity contribution in [1.29, 1.82) is 0 Å². The zero-order valence-electron chi connectivity index (χ0n) is 31.2. The van der Waals surface area contributed by atoms with E-state index in [1.807, 2.05) is 30.3 Å². The maximum absolute atomic E-state index is 12.9. The molecule has 0 radical (unpaired) electrons. The molecule has 2 heterocycles. The third kappa shape index (κ3) is 7.09. The second-order valence-electron chi connectivity index (χ2n) is 17.8. The molecule has 9 heteroatoms. The van der Waals surface area contributed by atoms with Crippen molar-refractivity contribution in [3.8, 4) is 0 Å². The first kappa shape index (κ1) is 35.8. The summed E-state index contributed by atoms with van der Waals surface area (Å²) in [5.41, 5.74) is 6.03. The summed E-state index contributed by atoms with van der Waals surface area (Å²) in [6, 6.07) is 14.6. The maximum atomic E-state index is 12.9. The Hall–Kier alpha value is -4.24. The van der Waals surface area contributed by atoms with Crippen LogP contribution in [0.2, 0.25) is 0 Å². The largest absolute Gasteiger partial charge is 0.431 e. The van der Waals surface area contributed by atoms with Gasteiger partial charge in [0, 0.05) is 53.6 Å². The van der Waals surface area contributed by atoms with E-state index >= 15 is 0 Å². The van der Waals surface area contributed by atoms with Gasteiger partial charge in [0.2, 0.25) is 11.8 Å². The smallest absolute Gasteiger partial charge is 0.343 e. The van der Waals surface area contributed by atoms with E-state index in [1.165, 1.54) is 90.4 Å². The Morgan fingerprint density at radius 3 is 1.51 bits per heavy atom. The predicted octanol–water partition coefficient (Wildman–Crippen LogP) is 8.00. The van der Waals surface area contributed by atoms with Gasteiger partial charge in [-0.3, -0.25) is 14.4 Å². The Kier molecular flexibility index (Phi) is 9.58. The highest BCUT2D eigenvalue weighted by atomic mass is 16.4. The van der Waals surface area contributed by atoms with E-state index in [1.54, 1.807) is 36.0 Å². The number of pyridine rings is 1. The molecule has 0 atom stereocenters. The highest BCUT2D eigenvalue weighted by Crippen LogP contribution is 2.62. The molecule has 8 bridgehead atoms. The van der Waals surface area contributed by atoms with Gasteiger partial charge < -0.3 is 25.4 Å². The summed E-state index contributed by atoms with van der Waals surface area (Å²) < 4.78 is 6.50. The molecule has 8 saturated carbocycles. The zero-order chi connectivity index (χ0) is 36.9. The van der Waals surface area contributed by atoms with Crippen LogP contribution in [-0.4, -0.2) is 23.4 Å². The van der Waals surface area contributed by atoms with Crippen molar-refractivity contribution in [3.05, 3.63) is 81.8 Å². The van der Waals surface area contributed by atoms with E-state index in [2.05, 4.69) is 16.4 Å². The van der Waals surface area contributed by atoms with Crippen LogP contribution in [0, 0.1) is 46.3 Å². The second kappa shape index (κ2) is 14.2. The fourth-order valence-electron chi connectivity index (χ4n) is 12.8. The molecule has 0 spiro atoms. The molecule has 0 saturated heterocycles. The molecule has 4 aromatic rings. The summed E-state index contributed by atoms with van der Waals surface area (Å²) >= 11 is 0. The SMILES string of the molecule is CN.Cn1ccc2c(NC(=O)CC34CC5CC(CC(C5)C3)C4)cccc2c1=O.O=C(CC12CC3CC(CC(C3)C1)C2)Nc1cccc2c(=O)occc12. The van der Waals surface area contributed by atoms with Crippen LogP contribution >= 0.6 is 0 Å². The van der Waals surface area contributed by atoms with Crippen LogP contribution in [-0.2, 0) is 16.6 Å². The number of amides is 2. The summed E-state index contributed by atoms with van der Waals surface area (Å²) in [4.78, 5) is 49.9. The van der Waals surface area contributed by atoms with Gasteiger partial charge in [-0.1, -0.05) is 12.1 Å². The molecule has 8 aliphatic rings. The molecule has 2 amide bonds. The number of carbonyl (C=O) groups excluding carboxylic acids is 2. The highest BCUT2D eigenvalue weighted by Gasteiger charge is 2.52. The van der Waals surface area contributed by atoms with Gasteiger partial charge in [-0.05, 0) is 167 Å². The van der Waals surface area contributed by atoms with Crippen molar-refractivity contribution in [2.75, 3.05) is 17.7 Å². The number of carbonyl (C=O) groups is 2. The molecule has 2 aromatic heterocycles. The standard InChI is InChI=1S/C22H26N2O2.C21H23NO3.CH5N/c1-24-6-5-17-18(21(24)26)3-2-4-19(17)23-20(25)13-22-10-14-7-15(11-22)9-16(8-14)12-22;23-19(12-21-9-13-6-14(10-21)8-15(7-13)11-21)22-18-3-1-2-17-16(18)4-5-25-20(17)24;1-2/h2-6,14-16H,7-13H2,1H3,(H,23,25);1-5,13-15H,6-12H2,(H,22,23);2H2,1H3. The summed E-state index contributed by atoms with van der Waals surface area (Å²) in [7, 11) is 3.25. The Morgan fingerprint density at radius 1 is 0.642 bits per heavy atom. The first-order valence-electron chi connectivity index (χ1n) is 19.9. The van der Waals surface area contributed by atoms with Gasteiger partial charge in [-0.15, -0.1) is 0 Å². The first-order chi connectivity index (χ1) is 25.6. The third-order valence-corrected chi connectivity index (χ3v) is 13.8. The minimum absolute atomic E-state index is 0.0281. The molecule has 2 aromatic carbocycles. The summed E-state index contributed by atoms with van der Waals surface area (Å²) in [5, 5.41) is 8.93.